The van der Waals surface area contributed by atoms with Crippen LogP contribution in [0.1, 0.15) is 25.3 Å². The van der Waals surface area contributed by atoms with Gasteiger partial charge in [0.1, 0.15) is 0 Å². The lowest BCUT2D eigenvalue weighted by Gasteiger charge is -2.12. The van der Waals surface area contributed by atoms with Crippen LogP contribution in [0.3, 0.4) is 0 Å². The van der Waals surface area contributed by atoms with Gasteiger partial charge in [0.2, 0.25) is 5.88 Å². The van der Waals surface area contributed by atoms with Crippen molar-refractivity contribution in [2.45, 2.75) is 19.8 Å². The van der Waals surface area contributed by atoms with Crippen LogP contribution >= 0.6 is 39.1 Å². The second-order valence-electron chi connectivity index (χ2n) is 5.95. The van der Waals surface area contributed by atoms with Crippen LogP contribution in [-0.4, -0.2) is 25.0 Å². The van der Waals surface area contributed by atoms with Crippen molar-refractivity contribution in [2.24, 2.45) is 0 Å². The Balaban J connectivity index is 2.03. The van der Waals surface area contributed by atoms with Gasteiger partial charge in [-0.25, -0.2) is 9.89 Å². The Labute approximate surface area is 175 Å². The van der Waals surface area contributed by atoms with Crippen LogP contribution < -0.4 is 21.5 Å². The number of hydrogen-bond donors (Lipinski definition) is 2. The zero-order chi connectivity index (χ0) is 20.6. The van der Waals surface area contributed by atoms with Crippen LogP contribution in [-0.2, 0) is 0 Å². The van der Waals surface area contributed by atoms with E-state index in [4.69, 9.17) is 27.9 Å². The SMILES string of the molecule is CC(C)c1cc(Oc2c(Cl)cc(-n3nc(Br)c(=O)[nH]c3=O)cc2Cl)n[nH]c1=O. The number of nitrogens with one attached hydrogen (secondary N) is 2. The fourth-order valence-corrected chi connectivity index (χ4v) is 3.12. The average Bonchev–Trinajstić information content (AvgIpc) is 2.62. The van der Waals surface area contributed by atoms with Gasteiger partial charge in [0.25, 0.3) is 11.1 Å². The number of H-pyrrole nitrogens is 2. The topological polar surface area (TPSA) is 123 Å². The van der Waals surface area contributed by atoms with Gasteiger partial charge in [-0.05, 0) is 34.0 Å². The first-order valence-electron chi connectivity index (χ1n) is 7.83. The van der Waals surface area contributed by atoms with E-state index < -0.39 is 11.2 Å². The highest BCUT2D eigenvalue weighted by atomic mass is 79.9. The van der Waals surface area contributed by atoms with E-state index in [9.17, 15) is 14.4 Å². The van der Waals surface area contributed by atoms with Gasteiger partial charge in [-0.15, -0.1) is 5.10 Å². The number of nitrogens with zero attached hydrogens (tertiary/aromatic N) is 3. The number of hydrogen-bond acceptors (Lipinski definition) is 6. The van der Waals surface area contributed by atoms with Crippen molar-refractivity contribution in [3.8, 4) is 17.3 Å². The Morgan fingerprint density at radius 3 is 2.36 bits per heavy atom. The van der Waals surface area contributed by atoms with Crippen LogP contribution in [0.2, 0.25) is 10.0 Å². The predicted octanol–water partition coefficient (Wildman–Crippen LogP) is 2.99. The van der Waals surface area contributed by atoms with Crippen molar-refractivity contribution >= 4 is 39.1 Å². The highest BCUT2D eigenvalue weighted by Gasteiger charge is 2.16. The molecule has 2 heterocycles. The number of halogens is 3. The molecule has 2 aromatic heterocycles. The molecule has 2 N–H and O–H groups in total. The maximum atomic E-state index is 12.0. The van der Waals surface area contributed by atoms with Crippen molar-refractivity contribution in [2.75, 3.05) is 0 Å². The van der Waals surface area contributed by atoms with Crippen molar-refractivity contribution < 1.29 is 4.74 Å². The van der Waals surface area contributed by atoms with Crippen molar-refractivity contribution in [3.63, 3.8) is 0 Å². The zero-order valence-corrected chi connectivity index (χ0v) is 17.5. The summed E-state index contributed by atoms with van der Waals surface area (Å²) in [5.74, 6) is 0.138. The summed E-state index contributed by atoms with van der Waals surface area (Å²) in [7, 11) is 0. The van der Waals surface area contributed by atoms with Gasteiger partial charge in [-0.1, -0.05) is 37.0 Å². The number of aromatic nitrogens is 5. The minimum atomic E-state index is -0.766. The summed E-state index contributed by atoms with van der Waals surface area (Å²) < 4.78 is 6.46. The summed E-state index contributed by atoms with van der Waals surface area (Å²) in [6.45, 7) is 3.71. The summed E-state index contributed by atoms with van der Waals surface area (Å²) in [6.07, 6.45) is 0. The maximum absolute atomic E-state index is 12.0. The summed E-state index contributed by atoms with van der Waals surface area (Å²) in [6, 6.07) is 4.27. The normalized spacial score (nSPS) is 11.1. The van der Waals surface area contributed by atoms with E-state index in [2.05, 4.69) is 36.2 Å². The lowest BCUT2D eigenvalue weighted by Crippen LogP contribution is -2.31. The summed E-state index contributed by atoms with van der Waals surface area (Å²) >= 11 is 15.5. The lowest BCUT2D eigenvalue weighted by molar-refractivity contribution is 0.452. The molecule has 0 atom stereocenters. The Kier molecular flexibility index (Phi) is 5.73. The first-order valence-corrected chi connectivity index (χ1v) is 9.38. The molecule has 0 saturated heterocycles. The first-order chi connectivity index (χ1) is 13.2. The monoisotopic (exact) mass is 487 g/mol. The molecule has 0 bridgehead atoms. The highest BCUT2D eigenvalue weighted by Crippen LogP contribution is 2.37. The van der Waals surface area contributed by atoms with E-state index in [1.165, 1.54) is 18.2 Å². The standard InChI is InChI=1S/C16H12BrCl2N5O4/c1-6(2)8-5-11(21-22-14(8)25)28-12-9(18)3-7(4-10(12)19)24-16(27)20-15(26)13(17)23-24/h3-6H,1-2H3,(H,22,25)(H,20,26,27). The Bertz CT molecular complexity index is 1210. The summed E-state index contributed by atoms with van der Waals surface area (Å²) in [4.78, 5) is 37.3. The molecule has 0 fully saturated rings. The second kappa shape index (κ2) is 7.90. The Morgan fingerprint density at radius 2 is 1.75 bits per heavy atom. The third kappa shape index (κ3) is 4.03. The molecule has 146 valence electrons. The van der Waals surface area contributed by atoms with E-state index in [1.807, 2.05) is 13.8 Å². The summed E-state index contributed by atoms with van der Waals surface area (Å²) in [5.41, 5.74) is -1.05. The van der Waals surface area contributed by atoms with E-state index >= 15 is 0 Å². The molecule has 0 amide bonds. The van der Waals surface area contributed by atoms with Gasteiger partial charge in [-0.3, -0.25) is 14.6 Å². The largest absolute Gasteiger partial charge is 0.434 e. The fourth-order valence-electron chi connectivity index (χ4n) is 2.31. The third-order valence-corrected chi connectivity index (χ3v) is 4.73. The Morgan fingerprint density at radius 1 is 1.11 bits per heavy atom. The third-order valence-electron chi connectivity index (χ3n) is 3.65. The van der Waals surface area contributed by atoms with Gasteiger partial charge < -0.3 is 4.74 Å². The maximum Gasteiger partial charge on any atom is 0.349 e. The van der Waals surface area contributed by atoms with Crippen molar-refractivity contribution in [1.82, 2.24) is 25.0 Å². The molecular weight excluding hydrogens is 477 g/mol. The molecule has 9 nitrogen and oxygen atoms in total. The molecule has 28 heavy (non-hydrogen) atoms. The molecule has 3 rings (SSSR count). The molecule has 0 aliphatic rings. The van der Waals surface area contributed by atoms with Crippen LogP contribution in [0.4, 0.5) is 0 Å². The smallest absolute Gasteiger partial charge is 0.349 e. The highest BCUT2D eigenvalue weighted by molar-refractivity contribution is 9.10. The van der Waals surface area contributed by atoms with E-state index in [1.54, 1.807) is 0 Å². The molecule has 0 radical (unpaired) electrons. The second-order valence-corrected chi connectivity index (χ2v) is 7.51. The van der Waals surface area contributed by atoms with Crippen LogP contribution in [0.25, 0.3) is 5.69 Å². The molecule has 0 aliphatic carbocycles. The summed E-state index contributed by atoms with van der Waals surface area (Å²) in [5, 5.41) is 10.2. The van der Waals surface area contributed by atoms with E-state index in [0.717, 1.165) is 4.68 Å². The lowest BCUT2D eigenvalue weighted by atomic mass is 10.1. The van der Waals surface area contributed by atoms with Gasteiger partial charge in [0.05, 0.1) is 15.7 Å². The quantitative estimate of drug-likeness (QED) is 0.581. The van der Waals surface area contributed by atoms with Gasteiger partial charge >= 0.3 is 5.69 Å². The number of aromatic amines is 2. The van der Waals surface area contributed by atoms with Crippen LogP contribution in [0.15, 0.2) is 37.2 Å². The van der Waals surface area contributed by atoms with Crippen molar-refractivity contribution in [3.05, 3.63) is 69.6 Å². The van der Waals surface area contributed by atoms with E-state index in [-0.39, 0.29) is 43.4 Å². The number of rotatable bonds is 4. The van der Waals surface area contributed by atoms with Gasteiger partial charge in [-0.2, -0.15) is 9.78 Å². The molecular formula is C16H12BrCl2N5O4. The molecule has 0 aliphatic heterocycles. The van der Waals surface area contributed by atoms with Gasteiger partial charge in [0.15, 0.2) is 10.4 Å². The first kappa shape index (κ1) is 20.3. The minimum absolute atomic E-state index is 0.0425. The minimum Gasteiger partial charge on any atom is -0.434 e. The molecule has 12 heteroatoms. The molecule has 0 saturated carbocycles. The molecule has 1 aromatic carbocycles. The molecule has 0 unspecified atom stereocenters. The number of ether oxygens (including phenoxy) is 1. The molecule has 3 aromatic rings. The van der Waals surface area contributed by atoms with Crippen LogP contribution in [0, 0.1) is 0 Å². The Hall–Kier alpha value is -2.43. The van der Waals surface area contributed by atoms with Gasteiger partial charge in [0, 0.05) is 11.6 Å². The zero-order valence-electron chi connectivity index (χ0n) is 14.4. The molecule has 0 spiro atoms. The van der Waals surface area contributed by atoms with Crippen molar-refractivity contribution in [1.29, 1.82) is 0 Å². The fraction of sp³-hybridized carbons (Fsp3) is 0.188. The van der Waals surface area contributed by atoms with E-state index in [0.29, 0.717) is 5.56 Å². The predicted molar refractivity (Wildman–Crippen MR) is 107 cm³/mol. The van der Waals surface area contributed by atoms with Crippen LogP contribution in [0.5, 0.6) is 11.6 Å². The number of benzene rings is 1. The average molecular weight is 489 g/mol.